The van der Waals surface area contributed by atoms with Crippen LogP contribution in [0, 0.1) is 0 Å². The molecule has 2 N–H and O–H groups in total. The molecule has 2 aliphatic rings. The molecule has 0 spiro atoms. The van der Waals surface area contributed by atoms with Crippen LogP contribution in [0.15, 0.2) is 18.2 Å². The molecule has 2 heterocycles. The smallest absolute Gasteiger partial charge is 0.264 e. The Kier molecular flexibility index (Phi) is 22.8. The van der Waals surface area contributed by atoms with Gasteiger partial charge in [0.2, 0.25) is 17.7 Å². The van der Waals surface area contributed by atoms with Gasteiger partial charge >= 0.3 is 0 Å². The first-order valence-corrected chi connectivity index (χ1v) is 20.0. The van der Waals surface area contributed by atoms with Crippen molar-refractivity contribution >= 4 is 35.2 Å². The van der Waals surface area contributed by atoms with Gasteiger partial charge in [0.15, 0.2) is 0 Å². The van der Waals surface area contributed by atoms with Crippen LogP contribution >= 0.6 is 0 Å². The summed E-state index contributed by atoms with van der Waals surface area (Å²) in [6.45, 7) is 7.81. The Labute approximate surface area is 315 Å². The van der Waals surface area contributed by atoms with Gasteiger partial charge in [-0.3, -0.25) is 34.2 Å². The number of nitrogens with zero attached hydrogens (tertiary/aromatic N) is 1. The summed E-state index contributed by atoms with van der Waals surface area (Å²) in [6.07, 6.45) is 17.2. The molecule has 13 heteroatoms. The van der Waals surface area contributed by atoms with Crippen LogP contribution in [0.25, 0.3) is 0 Å². The van der Waals surface area contributed by atoms with Gasteiger partial charge in [-0.15, -0.1) is 0 Å². The maximum absolute atomic E-state index is 13.2. The highest BCUT2D eigenvalue weighted by molar-refractivity contribution is 6.26. The summed E-state index contributed by atoms with van der Waals surface area (Å²) in [4.78, 5) is 63.5. The van der Waals surface area contributed by atoms with Gasteiger partial charge in [0.25, 0.3) is 11.8 Å². The summed E-state index contributed by atoms with van der Waals surface area (Å²) < 4.78 is 27.9. The molecule has 53 heavy (non-hydrogen) atoms. The van der Waals surface area contributed by atoms with Crippen molar-refractivity contribution in [2.75, 3.05) is 71.4 Å². The van der Waals surface area contributed by atoms with E-state index in [-0.39, 0.29) is 42.0 Å². The van der Waals surface area contributed by atoms with Gasteiger partial charge in [0, 0.05) is 26.1 Å². The second-order valence-electron chi connectivity index (χ2n) is 13.6. The third kappa shape index (κ3) is 17.2. The van der Waals surface area contributed by atoms with Crippen LogP contribution in [0.5, 0.6) is 0 Å². The van der Waals surface area contributed by atoms with Gasteiger partial charge < -0.3 is 29.0 Å². The fourth-order valence-electron chi connectivity index (χ4n) is 6.35. The lowest BCUT2D eigenvalue weighted by atomic mass is 10.0. The minimum Gasteiger partial charge on any atom is -0.379 e. The number of amides is 5. The zero-order valence-corrected chi connectivity index (χ0v) is 31.9. The normalized spacial score (nSPS) is 15.6. The van der Waals surface area contributed by atoms with E-state index in [4.69, 9.17) is 23.7 Å². The molecular weight excluding hydrogens is 682 g/mol. The Bertz CT molecular complexity index is 1260. The first-order chi connectivity index (χ1) is 25.9. The van der Waals surface area contributed by atoms with Crippen LogP contribution in [-0.4, -0.2) is 107 Å². The van der Waals surface area contributed by atoms with Crippen LogP contribution in [0.2, 0.25) is 0 Å². The fourth-order valence-corrected chi connectivity index (χ4v) is 6.35. The Balaban J connectivity index is 1.06. The van der Waals surface area contributed by atoms with Crippen molar-refractivity contribution in [1.82, 2.24) is 10.2 Å². The molecule has 1 atom stereocenters. The maximum Gasteiger partial charge on any atom is 0.264 e. The van der Waals surface area contributed by atoms with Crippen molar-refractivity contribution in [1.29, 1.82) is 0 Å². The Morgan fingerprint density at radius 3 is 1.68 bits per heavy atom. The van der Waals surface area contributed by atoms with E-state index in [9.17, 15) is 24.0 Å². The molecule has 5 amide bonds. The number of fused-ring (bicyclic) bond motifs is 1. The number of rotatable bonds is 32. The van der Waals surface area contributed by atoms with Crippen LogP contribution in [0.4, 0.5) is 5.69 Å². The van der Waals surface area contributed by atoms with Gasteiger partial charge in [0.1, 0.15) is 6.04 Å². The quantitative estimate of drug-likeness (QED) is 0.0664. The predicted molar refractivity (Wildman–Crippen MR) is 201 cm³/mol. The summed E-state index contributed by atoms with van der Waals surface area (Å²) in [5.74, 6) is -2.67. The van der Waals surface area contributed by atoms with E-state index in [0.717, 1.165) is 30.8 Å². The minimum atomic E-state index is -1.06. The Morgan fingerprint density at radius 2 is 1.15 bits per heavy atom. The molecule has 298 valence electrons. The van der Waals surface area contributed by atoms with Gasteiger partial charge in [0.05, 0.1) is 69.7 Å². The molecule has 1 fully saturated rings. The number of carbonyl (C=O) groups is 5. The molecule has 1 aromatic rings. The van der Waals surface area contributed by atoms with E-state index in [0.29, 0.717) is 65.9 Å². The minimum absolute atomic E-state index is 0.0368. The molecule has 0 bridgehead atoms. The van der Waals surface area contributed by atoms with Crippen molar-refractivity contribution < 1.29 is 47.7 Å². The molecule has 2 aliphatic heterocycles. The molecule has 1 unspecified atom stereocenters. The maximum atomic E-state index is 13.2. The molecule has 0 radical (unpaired) electrons. The Morgan fingerprint density at radius 1 is 0.660 bits per heavy atom. The molecule has 0 saturated carbocycles. The lowest BCUT2D eigenvalue weighted by Gasteiger charge is -2.27. The van der Waals surface area contributed by atoms with Crippen LogP contribution in [0.3, 0.4) is 0 Å². The van der Waals surface area contributed by atoms with Crippen molar-refractivity contribution in [2.45, 2.75) is 122 Å². The number of benzene rings is 1. The second kappa shape index (κ2) is 27.4. The highest BCUT2D eigenvalue weighted by Crippen LogP contribution is 2.32. The van der Waals surface area contributed by atoms with Gasteiger partial charge in [-0.2, -0.15) is 0 Å². The van der Waals surface area contributed by atoms with Crippen molar-refractivity contribution in [3.63, 3.8) is 0 Å². The largest absolute Gasteiger partial charge is 0.379 e. The molecule has 3 rings (SSSR count). The lowest BCUT2D eigenvalue weighted by molar-refractivity contribution is -0.136. The number of carbonyl (C=O) groups excluding carboxylic acids is 5. The summed E-state index contributed by atoms with van der Waals surface area (Å²) in [6, 6.07) is 3.57. The predicted octanol–water partition coefficient (Wildman–Crippen LogP) is 5.98. The standard InChI is InChI=1S/C40H63N3O10/c1-2-3-4-5-6-7-8-9-10-11-14-22-49-24-26-51-28-30-53-31-29-52-27-25-50-23-15-12-13-19-35(44)41-33-18-16-17-32-37(33)40(48)43(39(32)47)34-20-21-36(45)42-38(34)46/h16-18,34H,2-15,19-31H2,1H3,(H,41,44)(H,42,45,46). The molecule has 1 aromatic carbocycles. The van der Waals surface area contributed by atoms with Crippen molar-refractivity contribution in [3.05, 3.63) is 29.3 Å². The average Bonchev–Trinajstić information content (AvgIpc) is 3.40. The third-order valence-electron chi connectivity index (χ3n) is 9.31. The molecule has 1 saturated heterocycles. The third-order valence-corrected chi connectivity index (χ3v) is 9.31. The number of unbranched alkanes of at least 4 members (excludes halogenated alkanes) is 12. The van der Waals surface area contributed by atoms with E-state index < -0.39 is 29.7 Å². The molecule has 0 aromatic heterocycles. The fraction of sp³-hybridized carbons (Fsp3) is 0.725. The van der Waals surface area contributed by atoms with E-state index in [1.54, 1.807) is 12.1 Å². The van der Waals surface area contributed by atoms with Crippen molar-refractivity contribution in [2.24, 2.45) is 0 Å². The summed E-state index contributed by atoms with van der Waals surface area (Å²) in [5, 5.41) is 4.92. The average molecular weight is 746 g/mol. The lowest BCUT2D eigenvalue weighted by Crippen LogP contribution is -2.54. The number of nitrogens with one attached hydrogen (secondary N) is 2. The monoisotopic (exact) mass is 745 g/mol. The SMILES string of the molecule is CCCCCCCCCCCCCOCCOCCOCCOCCOCCCCCC(=O)Nc1cccc2c1C(=O)N(C1CCC(=O)NC1=O)C2=O. The van der Waals surface area contributed by atoms with Crippen LogP contribution < -0.4 is 10.6 Å². The summed E-state index contributed by atoms with van der Waals surface area (Å²) >= 11 is 0. The number of imide groups is 2. The number of hydrogen-bond acceptors (Lipinski definition) is 10. The highest BCUT2D eigenvalue weighted by atomic mass is 16.6. The van der Waals surface area contributed by atoms with Crippen LogP contribution in [0.1, 0.15) is 137 Å². The van der Waals surface area contributed by atoms with Gasteiger partial charge in [-0.1, -0.05) is 83.6 Å². The van der Waals surface area contributed by atoms with Crippen LogP contribution in [-0.2, 0) is 38.1 Å². The second-order valence-corrected chi connectivity index (χ2v) is 13.6. The summed E-state index contributed by atoms with van der Waals surface area (Å²) in [5.41, 5.74) is 0.415. The molecule has 13 nitrogen and oxygen atoms in total. The van der Waals surface area contributed by atoms with Crippen molar-refractivity contribution in [3.8, 4) is 0 Å². The Hall–Kier alpha value is -3.23. The van der Waals surface area contributed by atoms with E-state index >= 15 is 0 Å². The number of piperidine rings is 1. The van der Waals surface area contributed by atoms with Gasteiger partial charge in [-0.25, -0.2) is 0 Å². The molecule has 0 aliphatic carbocycles. The summed E-state index contributed by atoms with van der Waals surface area (Å²) in [7, 11) is 0. The zero-order valence-electron chi connectivity index (χ0n) is 31.9. The van der Waals surface area contributed by atoms with Gasteiger partial charge in [-0.05, 0) is 37.8 Å². The first-order valence-electron chi connectivity index (χ1n) is 20.0. The number of ether oxygens (including phenoxy) is 5. The first kappa shape index (κ1) is 44.2. The molecular formula is C40H63N3O10. The van der Waals surface area contributed by atoms with E-state index in [1.807, 2.05) is 0 Å². The highest BCUT2D eigenvalue weighted by Gasteiger charge is 2.45. The number of hydrogen-bond donors (Lipinski definition) is 2. The van der Waals surface area contributed by atoms with E-state index in [1.165, 1.54) is 70.3 Å². The topological polar surface area (TPSA) is 159 Å². The number of anilines is 1. The van der Waals surface area contributed by atoms with E-state index in [2.05, 4.69) is 17.6 Å². The zero-order chi connectivity index (χ0) is 37.9.